The van der Waals surface area contributed by atoms with Gasteiger partial charge >= 0.3 is 6.03 Å². The van der Waals surface area contributed by atoms with Crippen LogP contribution < -0.4 is 25.0 Å². The lowest BCUT2D eigenvalue weighted by molar-refractivity contribution is -0.122. The summed E-state index contributed by atoms with van der Waals surface area (Å²) in [6.45, 7) is 1.77. The van der Waals surface area contributed by atoms with Crippen LogP contribution in [0.1, 0.15) is 11.1 Å². The van der Waals surface area contributed by atoms with Gasteiger partial charge in [-0.2, -0.15) is 0 Å². The quantitative estimate of drug-likeness (QED) is 0.390. The number of hydrogen-bond donors (Lipinski definition) is 2. The molecule has 1 saturated heterocycles. The number of carbonyl (C=O) groups excluding carboxylic acids is 4. The van der Waals surface area contributed by atoms with E-state index in [2.05, 4.69) is 10.6 Å². The van der Waals surface area contributed by atoms with Gasteiger partial charge in [0.1, 0.15) is 17.1 Å². The lowest BCUT2D eigenvalue weighted by Crippen LogP contribution is -2.54. The molecule has 0 aliphatic carbocycles. The monoisotopic (exact) mass is 485 g/mol. The topological polar surface area (TPSA) is 114 Å². The van der Waals surface area contributed by atoms with Crippen molar-refractivity contribution < 1.29 is 28.7 Å². The Bertz CT molecular complexity index is 1330. The number of nitrogens with zero attached hydrogens (tertiary/aromatic N) is 1. The molecular formula is C27H23N3O6. The molecule has 1 fully saturated rings. The Morgan fingerprint density at radius 2 is 1.56 bits per heavy atom. The van der Waals surface area contributed by atoms with E-state index in [-0.39, 0.29) is 18.1 Å². The molecule has 0 saturated carbocycles. The third-order valence-electron chi connectivity index (χ3n) is 5.33. The lowest BCUT2D eigenvalue weighted by Gasteiger charge is -2.26. The van der Waals surface area contributed by atoms with Gasteiger partial charge in [0, 0.05) is 5.69 Å². The molecule has 5 amide bonds. The number of barbiturate groups is 1. The Labute approximate surface area is 207 Å². The first kappa shape index (κ1) is 24.2. The first-order chi connectivity index (χ1) is 17.3. The van der Waals surface area contributed by atoms with Gasteiger partial charge in [-0.05, 0) is 67.1 Å². The van der Waals surface area contributed by atoms with Gasteiger partial charge in [-0.25, -0.2) is 9.69 Å². The molecule has 3 aromatic rings. The summed E-state index contributed by atoms with van der Waals surface area (Å²) >= 11 is 0. The Hall–Kier alpha value is -4.92. The van der Waals surface area contributed by atoms with E-state index < -0.39 is 17.8 Å². The molecule has 1 heterocycles. The van der Waals surface area contributed by atoms with Crippen LogP contribution in [-0.2, 0) is 14.4 Å². The fraction of sp³-hybridized carbons (Fsp3) is 0.111. The average molecular weight is 485 g/mol. The maximum absolute atomic E-state index is 13.0. The highest BCUT2D eigenvalue weighted by Gasteiger charge is 2.36. The largest absolute Gasteiger partial charge is 0.497 e. The number of hydrogen-bond acceptors (Lipinski definition) is 6. The summed E-state index contributed by atoms with van der Waals surface area (Å²) < 4.78 is 10.6. The van der Waals surface area contributed by atoms with E-state index in [9.17, 15) is 19.2 Å². The fourth-order valence-corrected chi connectivity index (χ4v) is 3.43. The molecule has 0 bridgehead atoms. The van der Waals surface area contributed by atoms with Crippen LogP contribution >= 0.6 is 0 Å². The molecule has 0 aromatic heterocycles. The summed E-state index contributed by atoms with van der Waals surface area (Å²) in [6.07, 6.45) is 1.38. The highest BCUT2D eigenvalue weighted by atomic mass is 16.5. The Morgan fingerprint density at radius 3 is 2.19 bits per heavy atom. The van der Waals surface area contributed by atoms with Crippen LogP contribution in [0.5, 0.6) is 11.5 Å². The van der Waals surface area contributed by atoms with Crippen LogP contribution in [0.3, 0.4) is 0 Å². The molecule has 0 radical (unpaired) electrons. The predicted molar refractivity (Wildman–Crippen MR) is 134 cm³/mol. The molecule has 182 valence electrons. The van der Waals surface area contributed by atoms with E-state index in [0.29, 0.717) is 28.4 Å². The first-order valence-corrected chi connectivity index (χ1v) is 11.0. The Balaban J connectivity index is 1.42. The summed E-state index contributed by atoms with van der Waals surface area (Å²) in [4.78, 5) is 50.7. The van der Waals surface area contributed by atoms with E-state index >= 15 is 0 Å². The number of amides is 5. The molecule has 9 nitrogen and oxygen atoms in total. The van der Waals surface area contributed by atoms with Crippen molar-refractivity contribution in [3.63, 3.8) is 0 Å². The number of nitrogens with one attached hydrogen (secondary N) is 2. The van der Waals surface area contributed by atoms with Gasteiger partial charge in [-0.15, -0.1) is 0 Å². The number of anilines is 2. The van der Waals surface area contributed by atoms with E-state index in [4.69, 9.17) is 9.47 Å². The van der Waals surface area contributed by atoms with Crippen molar-refractivity contribution in [1.29, 1.82) is 0 Å². The van der Waals surface area contributed by atoms with Crippen molar-refractivity contribution >= 4 is 41.2 Å². The van der Waals surface area contributed by atoms with Crippen LogP contribution in [0.25, 0.3) is 6.08 Å². The van der Waals surface area contributed by atoms with Gasteiger partial charge in [0.25, 0.3) is 17.7 Å². The number of benzene rings is 3. The third-order valence-corrected chi connectivity index (χ3v) is 5.33. The average Bonchev–Trinajstić information content (AvgIpc) is 2.87. The van der Waals surface area contributed by atoms with E-state index in [1.54, 1.807) is 48.5 Å². The molecule has 2 N–H and O–H groups in total. The van der Waals surface area contributed by atoms with E-state index in [0.717, 1.165) is 10.5 Å². The molecule has 0 atom stereocenters. The summed E-state index contributed by atoms with van der Waals surface area (Å²) in [5.41, 5.74) is 2.40. The Morgan fingerprint density at radius 1 is 0.917 bits per heavy atom. The summed E-state index contributed by atoms with van der Waals surface area (Å²) in [5, 5.41) is 4.93. The zero-order valence-electron chi connectivity index (χ0n) is 19.6. The van der Waals surface area contributed by atoms with Crippen molar-refractivity contribution in [3.05, 3.63) is 89.5 Å². The van der Waals surface area contributed by atoms with Crippen LogP contribution in [0.2, 0.25) is 0 Å². The lowest BCUT2D eigenvalue weighted by atomic mass is 10.1. The van der Waals surface area contributed by atoms with E-state index in [1.807, 2.05) is 31.2 Å². The second-order valence-electron chi connectivity index (χ2n) is 7.93. The highest BCUT2D eigenvalue weighted by molar-refractivity contribution is 6.39. The fourth-order valence-electron chi connectivity index (χ4n) is 3.43. The smallest absolute Gasteiger partial charge is 0.335 e. The van der Waals surface area contributed by atoms with Gasteiger partial charge in [0.05, 0.1) is 12.8 Å². The van der Waals surface area contributed by atoms with Crippen LogP contribution in [-0.4, -0.2) is 37.5 Å². The number of aryl methyl sites for hydroxylation is 1. The zero-order valence-corrected chi connectivity index (χ0v) is 19.6. The van der Waals surface area contributed by atoms with Crippen molar-refractivity contribution in [2.24, 2.45) is 0 Å². The maximum atomic E-state index is 13.0. The normalized spacial score (nSPS) is 14.4. The van der Waals surface area contributed by atoms with Crippen molar-refractivity contribution in [1.82, 2.24) is 5.32 Å². The summed E-state index contributed by atoms with van der Waals surface area (Å²) in [7, 11) is 1.50. The number of imide groups is 2. The number of carbonyl (C=O) groups is 4. The second-order valence-corrected chi connectivity index (χ2v) is 7.93. The van der Waals surface area contributed by atoms with Crippen molar-refractivity contribution in [3.8, 4) is 11.5 Å². The van der Waals surface area contributed by atoms with Gasteiger partial charge < -0.3 is 14.8 Å². The Kier molecular flexibility index (Phi) is 7.10. The number of methoxy groups -OCH3 is 1. The molecule has 0 spiro atoms. The minimum Gasteiger partial charge on any atom is -0.497 e. The van der Waals surface area contributed by atoms with Crippen LogP contribution in [0.4, 0.5) is 16.2 Å². The molecule has 36 heavy (non-hydrogen) atoms. The van der Waals surface area contributed by atoms with Crippen molar-refractivity contribution in [2.75, 3.05) is 23.9 Å². The minimum atomic E-state index is -0.833. The standard InChI is InChI=1S/C27H23N3O6/c1-17-3-7-19(8-4-17)28-24(31)16-36-22-11-5-18(6-12-22)15-23-25(32)29-27(34)30(26(23)33)20-9-13-21(35-2)14-10-20/h3-15H,16H2,1-2H3,(H,28,31)(H,29,32,34)/b23-15+. The number of rotatable bonds is 7. The SMILES string of the molecule is COc1ccc(N2C(=O)NC(=O)/C(=C\c3ccc(OCC(=O)Nc4ccc(C)cc4)cc3)C2=O)cc1. The van der Waals surface area contributed by atoms with E-state index in [1.165, 1.54) is 13.2 Å². The number of ether oxygens (including phenoxy) is 2. The molecular weight excluding hydrogens is 462 g/mol. The maximum Gasteiger partial charge on any atom is 0.335 e. The van der Waals surface area contributed by atoms with Crippen LogP contribution in [0, 0.1) is 6.92 Å². The molecule has 0 unspecified atom stereocenters. The zero-order chi connectivity index (χ0) is 25.7. The molecule has 1 aliphatic rings. The van der Waals surface area contributed by atoms with Gasteiger partial charge in [-0.1, -0.05) is 29.8 Å². The molecule has 1 aliphatic heterocycles. The molecule has 3 aromatic carbocycles. The number of urea groups is 1. The minimum absolute atomic E-state index is 0.186. The predicted octanol–water partition coefficient (Wildman–Crippen LogP) is 3.69. The van der Waals surface area contributed by atoms with Gasteiger partial charge in [0.2, 0.25) is 0 Å². The first-order valence-electron chi connectivity index (χ1n) is 11.0. The summed E-state index contributed by atoms with van der Waals surface area (Å²) in [6, 6.07) is 19.4. The molecule has 4 rings (SSSR count). The third kappa shape index (κ3) is 5.58. The molecule has 9 heteroatoms. The van der Waals surface area contributed by atoms with Crippen LogP contribution in [0.15, 0.2) is 78.4 Å². The van der Waals surface area contributed by atoms with Crippen molar-refractivity contribution in [2.45, 2.75) is 6.92 Å². The highest BCUT2D eigenvalue weighted by Crippen LogP contribution is 2.24. The van der Waals surface area contributed by atoms with Gasteiger partial charge in [-0.3, -0.25) is 19.7 Å². The second kappa shape index (κ2) is 10.6. The van der Waals surface area contributed by atoms with Gasteiger partial charge in [0.15, 0.2) is 6.61 Å². The summed E-state index contributed by atoms with van der Waals surface area (Å²) in [5.74, 6) is -0.848.